The van der Waals surface area contributed by atoms with Crippen LogP contribution in [0, 0.1) is 10.1 Å². The molecule has 1 heterocycles. The van der Waals surface area contributed by atoms with Gasteiger partial charge < -0.3 is 10.0 Å². The number of Topliss-reactive ketones (excluding diaryl/α,β-unsaturated/α-hetero) is 1. The second-order valence-corrected chi connectivity index (χ2v) is 8.26. The molecule has 0 spiro atoms. The lowest BCUT2D eigenvalue weighted by Gasteiger charge is -2.23. The van der Waals surface area contributed by atoms with Crippen molar-refractivity contribution in [3.8, 4) is 0 Å². The van der Waals surface area contributed by atoms with Crippen LogP contribution in [0.1, 0.15) is 27.9 Å². The van der Waals surface area contributed by atoms with Crippen LogP contribution in [0.3, 0.4) is 0 Å². The molecule has 1 N–H and O–H groups in total. The first kappa shape index (κ1) is 22.0. The molecule has 1 amide bonds. The molecule has 1 aliphatic rings. The molecular formula is C23H16Cl2N2O5. The summed E-state index contributed by atoms with van der Waals surface area (Å²) in [6, 6.07) is 16.8. The van der Waals surface area contributed by atoms with Crippen molar-refractivity contribution in [1.82, 2.24) is 0 Å². The molecule has 4 rings (SSSR count). The zero-order valence-corrected chi connectivity index (χ0v) is 18.0. The highest BCUT2D eigenvalue weighted by Crippen LogP contribution is 2.45. The number of nitro benzene ring substituents is 1. The third-order valence-corrected chi connectivity index (χ3v) is 5.98. The van der Waals surface area contributed by atoms with Crippen LogP contribution < -0.4 is 4.90 Å². The van der Waals surface area contributed by atoms with Crippen molar-refractivity contribution in [2.24, 2.45) is 0 Å². The van der Waals surface area contributed by atoms with Crippen LogP contribution in [-0.4, -0.2) is 21.7 Å². The van der Waals surface area contributed by atoms with Gasteiger partial charge in [-0.05, 0) is 29.8 Å². The van der Waals surface area contributed by atoms with Crippen molar-refractivity contribution in [2.45, 2.75) is 18.6 Å². The van der Waals surface area contributed by atoms with E-state index in [-0.39, 0.29) is 28.4 Å². The number of halogens is 2. The van der Waals surface area contributed by atoms with E-state index in [2.05, 4.69) is 0 Å². The summed E-state index contributed by atoms with van der Waals surface area (Å²) >= 11 is 12.4. The number of non-ortho nitro benzene ring substituents is 1. The minimum atomic E-state index is -2.18. The van der Waals surface area contributed by atoms with Gasteiger partial charge in [0.05, 0.1) is 23.6 Å². The monoisotopic (exact) mass is 470 g/mol. The molecule has 9 heteroatoms. The molecule has 0 aromatic heterocycles. The molecule has 3 aromatic rings. The summed E-state index contributed by atoms with van der Waals surface area (Å²) in [7, 11) is 0. The summed E-state index contributed by atoms with van der Waals surface area (Å²) in [5.74, 6) is -1.32. The molecule has 0 radical (unpaired) electrons. The van der Waals surface area contributed by atoms with Gasteiger partial charge >= 0.3 is 0 Å². The second-order valence-electron chi connectivity index (χ2n) is 7.41. The van der Waals surface area contributed by atoms with Crippen LogP contribution in [0.15, 0.2) is 66.7 Å². The van der Waals surface area contributed by atoms with E-state index in [0.29, 0.717) is 16.3 Å². The van der Waals surface area contributed by atoms with Crippen molar-refractivity contribution in [2.75, 3.05) is 4.90 Å². The van der Waals surface area contributed by atoms with Crippen LogP contribution >= 0.6 is 23.2 Å². The maximum atomic E-state index is 13.4. The molecule has 1 atom stereocenters. The van der Waals surface area contributed by atoms with Gasteiger partial charge in [0.25, 0.3) is 11.6 Å². The van der Waals surface area contributed by atoms with Crippen molar-refractivity contribution in [3.63, 3.8) is 0 Å². The minimum absolute atomic E-state index is 0.0218. The molecule has 32 heavy (non-hydrogen) atoms. The fourth-order valence-electron chi connectivity index (χ4n) is 3.77. The van der Waals surface area contributed by atoms with Gasteiger partial charge in [0.1, 0.15) is 0 Å². The van der Waals surface area contributed by atoms with Gasteiger partial charge in [0, 0.05) is 33.3 Å². The zero-order valence-electron chi connectivity index (χ0n) is 16.5. The van der Waals surface area contributed by atoms with Crippen LogP contribution in [0.2, 0.25) is 10.0 Å². The standard InChI is InChI=1S/C23H16Cl2N2O5/c24-16-8-9-20-18(11-16)23(30,12-21(28)14-5-3-6-17(10-14)27(31)32)22(29)26(20)13-15-4-1-2-7-19(15)25/h1-11,30H,12-13H2/t23-/m1/s1. The first-order valence-electron chi connectivity index (χ1n) is 9.56. The first-order chi connectivity index (χ1) is 15.2. The molecule has 1 aliphatic heterocycles. The number of ketones is 1. The maximum Gasteiger partial charge on any atom is 0.270 e. The van der Waals surface area contributed by atoms with E-state index in [0.717, 1.165) is 6.07 Å². The van der Waals surface area contributed by atoms with Crippen LogP contribution in [0.4, 0.5) is 11.4 Å². The van der Waals surface area contributed by atoms with Gasteiger partial charge in [-0.25, -0.2) is 0 Å². The summed E-state index contributed by atoms with van der Waals surface area (Å²) in [6.07, 6.45) is -0.598. The quantitative estimate of drug-likeness (QED) is 0.313. The Bertz CT molecular complexity index is 1260. The van der Waals surface area contributed by atoms with Gasteiger partial charge in [-0.3, -0.25) is 19.7 Å². The Morgan fingerprint density at radius 2 is 1.81 bits per heavy atom. The van der Waals surface area contributed by atoms with Gasteiger partial charge in [-0.2, -0.15) is 0 Å². The SMILES string of the molecule is O=C(C[C@]1(O)C(=O)N(Cc2ccccc2Cl)c2ccc(Cl)cc21)c1cccc([N+](=O)[O-])c1. The average Bonchev–Trinajstić information content (AvgIpc) is 2.96. The third kappa shape index (κ3) is 3.86. The summed E-state index contributed by atoms with van der Waals surface area (Å²) in [5.41, 5.74) is -1.14. The lowest BCUT2D eigenvalue weighted by Crippen LogP contribution is -2.41. The zero-order chi connectivity index (χ0) is 23.0. The largest absolute Gasteiger partial charge is 0.375 e. The summed E-state index contributed by atoms with van der Waals surface area (Å²) in [6.45, 7) is 0.0838. The molecule has 0 saturated heterocycles. The highest BCUT2D eigenvalue weighted by Gasteiger charge is 2.51. The van der Waals surface area contributed by atoms with Crippen LogP contribution in [0.25, 0.3) is 0 Å². The van der Waals surface area contributed by atoms with Crippen molar-refractivity contribution < 1.29 is 19.6 Å². The number of carbonyl (C=O) groups is 2. The number of nitro groups is 1. The number of hydrogen-bond donors (Lipinski definition) is 1. The number of benzene rings is 3. The topological polar surface area (TPSA) is 101 Å². The Kier molecular flexibility index (Phi) is 5.73. The van der Waals surface area contributed by atoms with E-state index in [1.165, 1.54) is 29.2 Å². The van der Waals surface area contributed by atoms with E-state index < -0.39 is 28.6 Å². The van der Waals surface area contributed by atoms with E-state index in [1.807, 2.05) is 0 Å². The van der Waals surface area contributed by atoms with Gasteiger partial charge in [-0.15, -0.1) is 0 Å². The predicted molar refractivity (Wildman–Crippen MR) is 120 cm³/mol. The van der Waals surface area contributed by atoms with E-state index in [9.17, 15) is 24.8 Å². The Hall–Kier alpha value is -3.26. The highest BCUT2D eigenvalue weighted by atomic mass is 35.5. The number of aliphatic hydroxyl groups is 1. The lowest BCUT2D eigenvalue weighted by molar-refractivity contribution is -0.384. The Morgan fingerprint density at radius 3 is 2.53 bits per heavy atom. The predicted octanol–water partition coefficient (Wildman–Crippen LogP) is 4.91. The maximum absolute atomic E-state index is 13.4. The van der Waals surface area contributed by atoms with Crippen LogP contribution in [0.5, 0.6) is 0 Å². The van der Waals surface area contributed by atoms with Crippen molar-refractivity contribution in [1.29, 1.82) is 0 Å². The molecular weight excluding hydrogens is 455 g/mol. The molecule has 162 valence electrons. The molecule has 0 unspecified atom stereocenters. The van der Waals surface area contributed by atoms with E-state index >= 15 is 0 Å². The number of fused-ring (bicyclic) bond motifs is 1. The second kappa shape index (κ2) is 8.35. The first-order valence-corrected chi connectivity index (χ1v) is 10.3. The minimum Gasteiger partial charge on any atom is -0.375 e. The normalized spacial score (nSPS) is 17.3. The van der Waals surface area contributed by atoms with E-state index in [4.69, 9.17) is 23.2 Å². The van der Waals surface area contributed by atoms with E-state index in [1.54, 1.807) is 36.4 Å². The van der Waals surface area contributed by atoms with Crippen molar-refractivity contribution >= 4 is 46.3 Å². The summed E-state index contributed by atoms with van der Waals surface area (Å²) in [4.78, 5) is 38.1. The Morgan fingerprint density at radius 1 is 1.06 bits per heavy atom. The Labute approximate surface area is 193 Å². The highest BCUT2D eigenvalue weighted by molar-refractivity contribution is 6.31. The number of hydrogen-bond acceptors (Lipinski definition) is 5. The average molecular weight is 471 g/mol. The summed E-state index contributed by atoms with van der Waals surface area (Å²) in [5, 5.41) is 23.2. The molecule has 0 saturated carbocycles. The molecule has 3 aromatic carbocycles. The van der Waals surface area contributed by atoms with Gasteiger partial charge in [0.2, 0.25) is 0 Å². The summed E-state index contributed by atoms with van der Waals surface area (Å²) < 4.78 is 0. The van der Waals surface area contributed by atoms with Gasteiger partial charge in [-0.1, -0.05) is 53.5 Å². The van der Waals surface area contributed by atoms with Crippen molar-refractivity contribution in [3.05, 3.63) is 104 Å². The van der Waals surface area contributed by atoms with Gasteiger partial charge in [0.15, 0.2) is 11.4 Å². The molecule has 0 fully saturated rings. The molecule has 7 nitrogen and oxygen atoms in total. The number of carbonyl (C=O) groups excluding carboxylic acids is 2. The number of rotatable bonds is 6. The smallest absolute Gasteiger partial charge is 0.270 e. The fraction of sp³-hybridized carbons (Fsp3) is 0.130. The third-order valence-electron chi connectivity index (χ3n) is 5.38. The molecule has 0 bridgehead atoms. The Balaban J connectivity index is 1.72. The van der Waals surface area contributed by atoms with Crippen LogP contribution in [-0.2, 0) is 16.9 Å². The molecule has 0 aliphatic carbocycles. The number of amides is 1. The number of anilines is 1. The lowest BCUT2D eigenvalue weighted by atomic mass is 9.88. The number of nitrogens with zero attached hydrogens (tertiary/aromatic N) is 2. The fourth-order valence-corrected chi connectivity index (χ4v) is 4.14.